The van der Waals surface area contributed by atoms with Crippen LogP contribution < -0.4 is 5.32 Å². The number of amides is 1. The number of carbonyl (C=O) groups excluding carboxylic acids is 1. The molecule has 0 saturated heterocycles. The number of tetrazole rings is 1. The third-order valence-corrected chi connectivity index (χ3v) is 2.46. The second-order valence-corrected chi connectivity index (χ2v) is 3.58. The SMILES string of the molecule is CCC(NC(=O)c1nn[nH]n1)c1ccccc1. The van der Waals surface area contributed by atoms with Crippen molar-refractivity contribution < 1.29 is 4.79 Å². The molecule has 0 aliphatic carbocycles. The number of hydrogen-bond donors (Lipinski definition) is 2. The van der Waals surface area contributed by atoms with E-state index in [1.54, 1.807) is 0 Å². The molecule has 1 aromatic heterocycles. The van der Waals surface area contributed by atoms with Crippen LogP contribution in [0.25, 0.3) is 0 Å². The monoisotopic (exact) mass is 231 g/mol. The van der Waals surface area contributed by atoms with E-state index < -0.39 is 0 Å². The van der Waals surface area contributed by atoms with Crippen LogP contribution in [0, 0.1) is 0 Å². The minimum absolute atomic E-state index is 0.0396. The van der Waals surface area contributed by atoms with Crippen LogP contribution in [0.2, 0.25) is 0 Å². The molecule has 2 aromatic rings. The first-order chi connectivity index (χ1) is 8.31. The average molecular weight is 231 g/mol. The Bertz CT molecular complexity index is 468. The van der Waals surface area contributed by atoms with Crippen molar-refractivity contribution >= 4 is 5.91 Å². The lowest BCUT2D eigenvalue weighted by atomic mass is 10.0. The lowest BCUT2D eigenvalue weighted by Gasteiger charge is -2.15. The first-order valence-electron chi connectivity index (χ1n) is 5.40. The van der Waals surface area contributed by atoms with Gasteiger partial charge in [0.05, 0.1) is 6.04 Å². The van der Waals surface area contributed by atoms with Crippen molar-refractivity contribution in [2.45, 2.75) is 19.4 Å². The number of rotatable bonds is 4. The van der Waals surface area contributed by atoms with Crippen molar-refractivity contribution in [3.63, 3.8) is 0 Å². The van der Waals surface area contributed by atoms with Crippen LogP contribution in [0.5, 0.6) is 0 Å². The van der Waals surface area contributed by atoms with Crippen molar-refractivity contribution in [3.8, 4) is 0 Å². The maximum Gasteiger partial charge on any atom is 0.293 e. The van der Waals surface area contributed by atoms with Crippen molar-refractivity contribution in [2.75, 3.05) is 0 Å². The fourth-order valence-corrected chi connectivity index (χ4v) is 1.59. The van der Waals surface area contributed by atoms with Gasteiger partial charge in [-0.15, -0.1) is 10.2 Å². The summed E-state index contributed by atoms with van der Waals surface area (Å²) in [4.78, 5) is 11.8. The van der Waals surface area contributed by atoms with Gasteiger partial charge in [-0.05, 0) is 17.2 Å². The van der Waals surface area contributed by atoms with E-state index in [-0.39, 0.29) is 17.8 Å². The standard InChI is InChI=1S/C11H13N5O/c1-2-9(8-6-4-3-5-7-8)12-11(17)10-13-15-16-14-10/h3-7,9H,2H2,1H3,(H,12,17)(H,13,14,15,16). The molecule has 0 saturated carbocycles. The predicted molar refractivity (Wildman–Crippen MR) is 61.1 cm³/mol. The number of nitrogens with zero attached hydrogens (tertiary/aromatic N) is 3. The third kappa shape index (κ3) is 2.66. The normalized spacial score (nSPS) is 12.1. The summed E-state index contributed by atoms with van der Waals surface area (Å²) in [5, 5.41) is 15.7. The van der Waals surface area contributed by atoms with Crippen LogP contribution in [0.3, 0.4) is 0 Å². The Hall–Kier alpha value is -2.24. The Labute approximate surface area is 98.4 Å². The quantitative estimate of drug-likeness (QED) is 0.824. The topological polar surface area (TPSA) is 83.6 Å². The highest BCUT2D eigenvalue weighted by molar-refractivity contribution is 5.90. The molecule has 0 aliphatic heterocycles. The average Bonchev–Trinajstić information content (AvgIpc) is 2.90. The van der Waals surface area contributed by atoms with E-state index in [2.05, 4.69) is 25.9 Å². The van der Waals surface area contributed by atoms with Gasteiger partial charge in [-0.1, -0.05) is 37.3 Å². The van der Waals surface area contributed by atoms with Crippen LogP contribution in [-0.4, -0.2) is 26.5 Å². The molecule has 1 amide bonds. The summed E-state index contributed by atoms with van der Waals surface area (Å²) in [6, 6.07) is 9.74. The summed E-state index contributed by atoms with van der Waals surface area (Å²) in [7, 11) is 0. The third-order valence-electron chi connectivity index (χ3n) is 2.46. The molecule has 88 valence electrons. The molecule has 2 rings (SSSR count). The van der Waals surface area contributed by atoms with Crippen LogP contribution in [0.15, 0.2) is 30.3 Å². The molecule has 1 heterocycles. The molecule has 0 radical (unpaired) electrons. The van der Waals surface area contributed by atoms with Gasteiger partial charge in [0.15, 0.2) is 0 Å². The number of H-pyrrole nitrogens is 1. The minimum atomic E-state index is -0.325. The number of benzene rings is 1. The highest BCUT2D eigenvalue weighted by Gasteiger charge is 2.16. The Morgan fingerprint density at radius 2 is 2.18 bits per heavy atom. The van der Waals surface area contributed by atoms with E-state index in [9.17, 15) is 4.79 Å². The molecule has 6 nitrogen and oxygen atoms in total. The van der Waals surface area contributed by atoms with Gasteiger partial charge in [-0.2, -0.15) is 5.21 Å². The molecule has 2 N–H and O–H groups in total. The lowest BCUT2D eigenvalue weighted by molar-refractivity contribution is 0.0925. The van der Waals surface area contributed by atoms with Gasteiger partial charge >= 0.3 is 0 Å². The Balaban J connectivity index is 2.09. The van der Waals surface area contributed by atoms with Crippen LogP contribution in [-0.2, 0) is 0 Å². The zero-order valence-electron chi connectivity index (χ0n) is 9.42. The lowest BCUT2D eigenvalue weighted by Crippen LogP contribution is -2.29. The molecule has 0 spiro atoms. The summed E-state index contributed by atoms with van der Waals surface area (Å²) in [5.41, 5.74) is 1.06. The number of aromatic nitrogens is 4. The molecular weight excluding hydrogens is 218 g/mol. The van der Waals surface area contributed by atoms with Crippen molar-refractivity contribution in [2.24, 2.45) is 0 Å². The van der Waals surface area contributed by atoms with E-state index in [1.807, 2.05) is 37.3 Å². The molecule has 17 heavy (non-hydrogen) atoms. The molecular formula is C11H13N5O. The van der Waals surface area contributed by atoms with Crippen molar-refractivity contribution in [1.82, 2.24) is 25.9 Å². The zero-order valence-corrected chi connectivity index (χ0v) is 9.42. The van der Waals surface area contributed by atoms with Gasteiger partial charge in [0.1, 0.15) is 0 Å². The van der Waals surface area contributed by atoms with E-state index >= 15 is 0 Å². The number of aromatic amines is 1. The van der Waals surface area contributed by atoms with E-state index in [0.29, 0.717) is 0 Å². The van der Waals surface area contributed by atoms with Gasteiger partial charge < -0.3 is 5.32 Å². The van der Waals surface area contributed by atoms with Crippen LogP contribution in [0.4, 0.5) is 0 Å². The predicted octanol–water partition coefficient (Wildman–Crippen LogP) is 1.08. The van der Waals surface area contributed by atoms with Gasteiger partial charge in [0.2, 0.25) is 0 Å². The maximum atomic E-state index is 11.8. The van der Waals surface area contributed by atoms with Crippen molar-refractivity contribution in [3.05, 3.63) is 41.7 Å². The van der Waals surface area contributed by atoms with E-state index in [1.165, 1.54) is 0 Å². The van der Waals surface area contributed by atoms with Gasteiger partial charge in [-0.3, -0.25) is 4.79 Å². The number of hydrogen-bond acceptors (Lipinski definition) is 4. The Morgan fingerprint density at radius 3 is 2.76 bits per heavy atom. The van der Waals surface area contributed by atoms with E-state index in [0.717, 1.165) is 12.0 Å². The smallest absolute Gasteiger partial charge is 0.293 e. The van der Waals surface area contributed by atoms with Gasteiger partial charge in [0, 0.05) is 0 Å². The summed E-state index contributed by atoms with van der Waals surface area (Å²) in [6.45, 7) is 2.01. The molecule has 1 unspecified atom stereocenters. The first-order valence-corrected chi connectivity index (χ1v) is 5.40. The van der Waals surface area contributed by atoms with Gasteiger partial charge in [0.25, 0.3) is 11.7 Å². The molecule has 6 heteroatoms. The molecule has 1 atom stereocenters. The van der Waals surface area contributed by atoms with Crippen molar-refractivity contribution in [1.29, 1.82) is 0 Å². The van der Waals surface area contributed by atoms with E-state index in [4.69, 9.17) is 0 Å². The number of carbonyl (C=O) groups is 1. The summed E-state index contributed by atoms with van der Waals surface area (Å²) >= 11 is 0. The Morgan fingerprint density at radius 1 is 1.41 bits per heavy atom. The largest absolute Gasteiger partial charge is 0.342 e. The maximum absolute atomic E-state index is 11.8. The Kier molecular flexibility index (Phi) is 3.44. The molecule has 0 bridgehead atoms. The number of nitrogens with one attached hydrogen (secondary N) is 2. The van der Waals surface area contributed by atoms with Crippen LogP contribution >= 0.6 is 0 Å². The molecule has 0 aliphatic rings. The summed E-state index contributed by atoms with van der Waals surface area (Å²) < 4.78 is 0. The summed E-state index contributed by atoms with van der Waals surface area (Å²) in [5.74, 6) is -0.270. The second-order valence-electron chi connectivity index (χ2n) is 3.58. The van der Waals surface area contributed by atoms with Crippen LogP contribution in [0.1, 0.15) is 35.6 Å². The fourth-order valence-electron chi connectivity index (χ4n) is 1.59. The minimum Gasteiger partial charge on any atom is -0.342 e. The highest BCUT2D eigenvalue weighted by Crippen LogP contribution is 2.15. The first kappa shape index (κ1) is 11.3. The summed E-state index contributed by atoms with van der Waals surface area (Å²) in [6.07, 6.45) is 0.799. The second kappa shape index (κ2) is 5.20. The fraction of sp³-hybridized carbons (Fsp3) is 0.273. The highest BCUT2D eigenvalue weighted by atomic mass is 16.2. The zero-order chi connectivity index (χ0) is 12.1. The molecule has 0 fully saturated rings. The van der Waals surface area contributed by atoms with Gasteiger partial charge in [-0.25, -0.2) is 0 Å². The molecule has 1 aromatic carbocycles.